The molecule has 1 saturated heterocycles. The molecule has 4 nitrogen and oxygen atoms in total. The van der Waals surface area contributed by atoms with Crippen LogP contribution in [0.25, 0.3) is 11.0 Å². The molecule has 0 radical (unpaired) electrons. The molecule has 1 aromatic carbocycles. The Morgan fingerprint density at radius 3 is 2.68 bits per heavy atom. The van der Waals surface area contributed by atoms with Gasteiger partial charge in [0.15, 0.2) is 0 Å². The average Bonchev–Trinajstić information content (AvgIpc) is 2.92. The highest BCUT2D eigenvalue weighted by Crippen LogP contribution is 2.26. The smallest absolute Gasteiger partial charge is 0.216 e. The Kier molecular flexibility index (Phi) is 2.93. The van der Waals surface area contributed by atoms with Crippen LogP contribution in [0, 0.1) is 6.92 Å². The van der Waals surface area contributed by atoms with Crippen molar-refractivity contribution in [2.45, 2.75) is 19.8 Å². The van der Waals surface area contributed by atoms with Crippen LogP contribution >= 0.6 is 0 Å². The van der Waals surface area contributed by atoms with Gasteiger partial charge in [0, 0.05) is 13.1 Å². The first kappa shape index (κ1) is 12.1. The van der Waals surface area contributed by atoms with Crippen molar-refractivity contribution in [3.05, 3.63) is 34.2 Å². The molecular formula is C15H17NO3. The predicted octanol–water partition coefficient (Wildman–Crippen LogP) is 2.71. The molecule has 0 bridgehead atoms. The Balaban J connectivity index is 2.24. The zero-order valence-corrected chi connectivity index (χ0v) is 11.2. The zero-order chi connectivity index (χ0) is 13.4. The van der Waals surface area contributed by atoms with Crippen molar-refractivity contribution in [3.8, 4) is 5.75 Å². The van der Waals surface area contributed by atoms with Gasteiger partial charge in [0.05, 0.1) is 12.5 Å². The molecule has 0 unspecified atom stereocenters. The third-order valence-corrected chi connectivity index (χ3v) is 3.67. The summed E-state index contributed by atoms with van der Waals surface area (Å²) in [7, 11) is 1.60. The number of ether oxygens (including phenoxy) is 1. The quantitative estimate of drug-likeness (QED) is 0.831. The van der Waals surface area contributed by atoms with Gasteiger partial charge in [0.25, 0.3) is 0 Å². The molecule has 1 fully saturated rings. The van der Waals surface area contributed by atoms with E-state index in [2.05, 4.69) is 4.90 Å². The van der Waals surface area contributed by atoms with E-state index in [1.807, 2.05) is 6.92 Å². The van der Waals surface area contributed by atoms with Crippen molar-refractivity contribution in [2.24, 2.45) is 0 Å². The van der Waals surface area contributed by atoms with Crippen molar-refractivity contribution in [1.82, 2.24) is 0 Å². The van der Waals surface area contributed by atoms with Crippen molar-refractivity contribution < 1.29 is 9.15 Å². The number of nitrogens with zero attached hydrogens (tertiary/aromatic N) is 1. The van der Waals surface area contributed by atoms with Crippen molar-refractivity contribution >= 4 is 16.7 Å². The minimum Gasteiger partial charge on any atom is -0.497 e. The van der Waals surface area contributed by atoms with Crippen molar-refractivity contribution in [2.75, 3.05) is 25.1 Å². The van der Waals surface area contributed by atoms with Crippen LogP contribution in [0.1, 0.15) is 18.6 Å². The maximum Gasteiger partial charge on any atom is 0.216 e. The van der Waals surface area contributed by atoms with Gasteiger partial charge in [-0.15, -0.1) is 0 Å². The van der Waals surface area contributed by atoms with E-state index in [4.69, 9.17) is 9.15 Å². The fourth-order valence-corrected chi connectivity index (χ4v) is 2.71. The number of methoxy groups -OCH3 is 1. The van der Waals surface area contributed by atoms with Crippen LogP contribution in [-0.4, -0.2) is 20.2 Å². The molecule has 19 heavy (non-hydrogen) atoms. The van der Waals surface area contributed by atoms with Crippen LogP contribution in [-0.2, 0) is 0 Å². The lowest BCUT2D eigenvalue weighted by molar-refractivity contribution is 0.415. The molecule has 1 aliphatic rings. The topological polar surface area (TPSA) is 42.7 Å². The van der Waals surface area contributed by atoms with E-state index in [0.29, 0.717) is 28.2 Å². The van der Waals surface area contributed by atoms with Crippen LogP contribution in [0.15, 0.2) is 27.4 Å². The van der Waals surface area contributed by atoms with Gasteiger partial charge < -0.3 is 14.1 Å². The molecule has 2 heterocycles. The van der Waals surface area contributed by atoms with Gasteiger partial charge in [-0.05, 0) is 38.0 Å². The molecule has 1 aliphatic heterocycles. The summed E-state index contributed by atoms with van der Waals surface area (Å²) in [6.07, 6.45) is 2.27. The van der Waals surface area contributed by atoms with E-state index in [0.717, 1.165) is 25.9 Å². The second kappa shape index (κ2) is 4.61. The largest absolute Gasteiger partial charge is 0.497 e. The Morgan fingerprint density at radius 2 is 2.00 bits per heavy atom. The predicted molar refractivity (Wildman–Crippen MR) is 75.2 cm³/mol. The van der Waals surface area contributed by atoms with Crippen LogP contribution in [0.3, 0.4) is 0 Å². The lowest BCUT2D eigenvalue weighted by Crippen LogP contribution is -2.25. The summed E-state index contributed by atoms with van der Waals surface area (Å²) in [6, 6.07) is 5.34. The van der Waals surface area contributed by atoms with Crippen molar-refractivity contribution in [1.29, 1.82) is 0 Å². The number of aryl methyl sites for hydroxylation is 1. The third-order valence-electron chi connectivity index (χ3n) is 3.67. The fourth-order valence-electron chi connectivity index (χ4n) is 2.71. The van der Waals surface area contributed by atoms with Crippen LogP contribution < -0.4 is 15.1 Å². The first-order chi connectivity index (χ1) is 9.20. The van der Waals surface area contributed by atoms with Crippen LogP contribution in [0.5, 0.6) is 5.75 Å². The number of fused-ring (bicyclic) bond motifs is 1. The lowest BCUT2D eigenvalue weighted by atomic mass is 10.1. The molecule has 4 heteroatoms. The molecule has 0 aliphatic carbocycles. The maximum absolute atomic E-state index is 12.6. The highest BCUT2D eigenvalue weighted by Gasteiger charge is 2.20. The minimum atomic E-state index is 0.0413. The Bertz CT molecular complexity index is 669. The molecule has 0 atom stereocenters. The van der Waals surface area contributed by atoms with Gasteiger partial charge in [-0.25, -0.2) is 0 Å². The molecule has 3 rings (SSSR count). The van der Waals surface area contributed by atoms with Gasteiger partial charge in [-0.3, -0.25) is 4.79 Å². The normalized spacial score (nSPS) is 15.2. The van der Waals surface area contributed by atoms with E-state index in [1.165, 1.54) is 0 Å². The van der Waals surface area contributed by atoms with Gasteiger partial charge in [0.1, 0.15) is 22.8 Å². The summed E-state index contributed by atoms with van der Waals surface area (Å²) in [6.45, 7) is 3.72. The number of anilines is 1. The minimum absolute atomic E-state index is 0.0413. The molecule has 1 aromatic heterocycles. The van der Waals surface area contributed by atoms with E-state index < -0.39 is 0 Å². The van der Waals surface area contributed by atoms with Gasteiger partial charge in [-0.2, -0.15) is 0 Å². The Hall–Kier alpha value is -1.97. The second-order valence-corrected chi connectivity index (χ2v) is 4.89. The summed E-state index contributed by atoms with van der Waals surface area (Å²) in [5.74, 6) is 1.38. The summed E-state index contributed by atoms with van der Waals surface area (Å²) in [5, 5.41) is 0.590. The average molecular weight is 259 g/mol. The summed E-state index contributed by atoms with van der Waals surface area (Å²) in [5.41, 5.74) is 1.36. The van der Waals surface area contributed by atoms with E-state index in [9.17, 15) is 4.79 Å². The van der Waals surface area contributed by atoms with Crippen LogP contribution in [0.2, 0.25) is 0 Å². The zero-order valence-electron chi connectivity index (χ0n) is 11.2. The standard InChI is InChI=1S/C15H17NO3/c1-10-14(16-7-3-4-8-16)15(17)12-9-11(18-2)5-6-13(12)19-10/h5-6,9H,3-4,7-8H2,1-2H3. The molecule has 0 amide bonds. The monoisotopic (exact) mass is 259 g/mol. The molecule has 0 saturated carbocycles. The van der Waals surface area contributed by atoms with Crippen LogP contribution in [0.4, 0.5) is 5.69 Å². The molecular weight excluding hydrogens is 242 g/mol. The SMILES string of the molecule is COc1ccc2oc(C)c(N3CCCC3)c(=O)c2c1. The lowest BCUT2D eigenvalue weighted by Gasteiger charge is -2.18. The Morgan fingerprint density at radius 1 is 1.26 bits per heavy atom. The molecule has 100 valence electrons. The van der Waals surface area contributed by atoms with Gasteiger partial charge in [-0.1, -0.05) is 0 Å². The first-order valence-corrected chi connectivity index (χ1v) is 6.57. The fraction of sp³-hybridized carbons (Fsp3) is 0.400. The summed E-state index contributed by atoms with van der Waals surface area (Å²) >= 11 is 0. The highest BCUT2D eigenvalue weighted by atomic mass is 16.5. The van der Waals surface area contributed by atoms with E-state index in [1.54, 1.807) is 25.3 Å². The van der Waals surface area contributed by atoms with Crippen molar-refractivity contribution in [3.63, 3.8) is 0 Å². The van der Waals surface area contributed by atoms with Gasteiger partial charge >= 0.3 is 0 Å². The summed E-state index contributed by atoms with van der Waals surface area (Å²) in [4.78, 5) is 14.8. The second-order valence-electron chi connectivity index (χ2n) is 4.89. The molecule has 0 spiro atoms. The third kappa shape index (κ3) is 1.97. The number of rotatable bonds is 2. The van der Waals surface area contributed by atoms with E-state index >= 15 is 0 Å². The maximum atomic E-state index is 12.6. The Labute approximate surface area is 111 Å². The number of benzene rings is 1. The number of hydrogen-bond acceptors (Lipinski definition) is 4. The highest BCUT2D eigenvalue weighted by molar-refractivity contribution is 5.82. The van der Waals surface area contributed by atoms with Gasteiger partial charge in [0.2, 0.25) is 5.43 Å². The molecule has 2 aromatic rings. The number of hydrogen-bond donors (Lipinski definition) is 0. The first-order valence-electron chi connectivity index (χ1n) is 6.57. The molecule has 0 N–H and O–H groups in total. The van der Waals surface area contributed by atoms with E-state index in [-0.39, 0.29) is 5.43 Å². The summed E-state index contributed by atoms with van der Waals surface area (Å²) < 4.78 is 11.0.